The summed E-state index contributed by atoms with van der Waals surface area (Å²) in [7, 11) is 1.66. The van der Waals surface area contributed by atoms with E-state index in [2.05, 4.69) is 0 Å². The third-order valence-corrected chi connectivity index (χ3v) is 4.70. The maximum absolute atomic E-state index is 12.4. The monoisotopic (exact) mass is 363 g/mol. The standard InChI is InChI=1S/C17H15Cl2N3O2/c1-21-14-7-6-10(18)8-12(14)16(11-4-2-3-5-13(11)19)22(17(20)24)9-15(21)23/h2-8,16H,9H2,1H3,(H2,20,24). The Morgan fingerprint density at radius 2 is 1.88 bits per heavy atom. The zero-order chi connectivity index (χ0) is 17.4. The second kappa shape index (κ2) is 6.34. The third-order valence-electron chi connectivity index (χ3n) is 4.12. The first kappa shape index (κ1) is 16.6. The lowest BCUT2D eigenvalue weighted by molar-refractivity contribution is -0.118. The molecule has 1 unspecified atom stereocenters. The molecule has 0 spiro atoms. The molecule has 124 valence electrons. The molecule has 0 radical (unpaired) electrons. The number of urea groups is 1. The highest BCUT2D eigenvalue weighted by molar-refractivity contribution is 6.31. The summed E-state index contributed by atoms with van der Waals surface area (Å²) in [5, 5.41) is 0.981. The first-order valence-corrected chi connectivity index (χ1v) is 8.02. The number of primary amides is 1. The van der Waals surface area contributed by atoms with Gasteiger partial charge in [-0.15, -0.1) is 0 Å². The molecule has 0 saturated carbocycles. The van der Waals surface area contributed by atoms with E-state index in [0.717, 1.165) is 0 Å². The lowest BCUT2D eigenvalue weighted by Crippen LogP contribution is -2.43. The number of carbonyl (C=O) groups excluding carboxylic acids is 2. The van der Waals surface area contributed by atoms with Crippen LogP contribution in [0.4, 0.5) is 10.5 Å². The maximum Gasteiger partial charge on any atom is 0.316 e. The van der Waals surface area contributed by atoms with E-state index in [0.29, 0.717) is 26.9 Å². The molecule has 1 heterocycles. The van der Waals surface area contributed by atoms with E-state index in [-0.39, 0.29) is 12.5 Å². The number of nitrogens with zero attached hydrogens (tertiary/aromatic N) is 2. The minimum absolute atomic E-state index is 0.145. The number of carbonyl (C=O) groups is 2. The van der Waals surface area contributed by atoms with E-state index in [9.17, 15) is 9.59 Å². The first-order chi connectivity index (χ1) is 11.4. The molecule has 0 fully saturated rings. The van der Waals surface area contributed by atoms with Gasteiger partial charge in [0, 0.05) is 28.3 Å². The van der Waals surface area contributed by atoms with Crippen molar-refractivity contribution in [1.82, 2.24) is 4.90 Å². The molecular formula is C17H15Cl2N3O2. The second-order valence-corrected chi connectivity index (χ2v) is 6.39. The summed E-state index contributed by atoms with van der Waals surface area (Å²) in [4.78, 5) is 27.3. The number of hydrogen-bond donors (Lipinski definition) is 1. The molecule has 0 saturated heterocycles. The van der Waals surface area contributed by atoms with Crippen molar-refractivity contribution in [2.24, 2.45) is 5.73 Å². The maximum atomic E-state index is 12.4. The molecule has 0 aromatic heterocycles. The van der Waals surface area contributed by atoms with Crippen molar-refractivity contribution in [2.45, 2.75) is 6.04 Å². The summed E-state index contributed by atoms with van der Waals surface area (Å²) in [6.07, 6.45) is 0. The molecule has 1 aliphatic rings. The number of fused-ring (bicyclic) bond motifs is 1. The highest BCUT2D eigenvalue weighted by Crippen LogP contribution is 2.40. The third kappa shape index (κ3) is 2.81. The van der Waals surface area contributed by atoms with E-state index >= 15 is 0 Å². The Balaban J connectivity index is 2.31. The van der Waals surface area contributed by atoms with Gasteiger partial charge < -0.3 is 15.5 Å². The Hall–Kier alpha value is -2.24. The summed E-state index contributed by atoms with van der Waals surface area (Å²) in [6.45, 7) is -0.145. The molecule has 0 bridgehead atoms. The minimum Gasteiger partial charge on any atom is -0.351 e. The van der Waals surface area contributed by atoms with Crippen LogP contribution in [0, 0.1) is 0 Å². The quantitative estimate of drug-likeness (QED) is 0.842. The molecule has 7 heteroatoms. The number of benzene rings is 2. The van der Waals surface area contributed by atoms with Gasteiger partial charge >= 0.3 is 6.03 Å². The molecule has 3 rings (SSSR count). The molecule has 1 atom stereocenters. The van der Waals surface area contributed by atoms with Crippen molar-refractivity contribution in [2.75, 3.05) is 18.5 Å². The van der Waals surface area contributed by atoms with Crippen molar-refractivity contribution in [1.29, 1.82) is 0 Å². The van der Waals surface area contributed by atoms with E-state index in [1.54, 1.807) is 37.4 Å². The van der Waals surface area contributed by atoms with Crippen LogP contribution in [0.5, 0.6) is 0 Å². The molecular weight excluding hydrogens is 349 g/mol. The molecule has 3 amide bonds. The molecule has 2 aromatic rings. The predicted molar refractivity (Wildman–Crippen MR) is 94.4 cm³/mol. The van der Waals surface area contributed by atoms with Gasteiger partial charge in [0.2, 0.25) is 5.91 Å². The average Bonchev–Trinajstić information content (AvgIpc) is 2.64. The van der Waals surface area contributed by atoms with Crippen LogP contribution in [0.1, 0.15) is 17.2 Å². The Bertz CT molecular complexity index is 825. The first-order valence-electron chi connectivity index (χ1n) is 7.26. The normalized spacial score (nSPS) is 17.5. The lowest BCUT2D eigenvalue weighted by atomic mass is 9.96. The van der Waals surface area contributed by atoms with Crippen molar-refractivity contribution >= 4 is 40.8 Å². The van der Waals surface area contributed by atoms with Crippen LogP contribution in [-0.2, 0) is 4.79 Å². The number of halogens is 2. The largest absolute Gasteiger partial charge is 0.351 e. The number of hydrogen-bond acceptors (Lipinski definition) is 2. The van der Waals surface area contributed by atoms with Crippen LogP contribution in [0.15, 0.2) is 42.5 Å². The van der Waals surface area contributed by atoms with E-state index in [4.69, 9.17) is 28.9 Å². The minimum atomic E-state index is -0.700. The van der Waals surface area contributed by atoms with Crippen molar-refractivity contribution in [3.8, 4) is 0 Å². The number of nitrogens with two attached hydrogens (primary N) is 1. The van der Waals surface area contributed by atoms with Gasteiger partial charge in [-0.2, -0.15) is 0 Å². The van der Waals surface area contributed by atoms with Gasteiger partial charge in [-0.1, -0.05) is 41.4 Å². The summed E-state index contributed by atoms with van der Waals surface area (Å²) in [5.74, 6) is -0.244. The number of anilines is 1. The SMILES string of the molecule is CN1C(=O)CN(C(N)=O)C(c2ccccc2Cl)c2cc(Cl)ccc21. The van der Waals surface area contributed by atoms with E-state index in [1.165, 1.54) is 9.80 Å². The van der Waals surface area contributed by atoms with Gasteiger partial charge in [-0.25, -0.2) is 4.79 Å². The summed E-state index contributed by atoms with van der Waals surface area (Å²) in [5.41, 5.74) is 7.60. The van der Waals surface area contributed by atoms with Gasteiger partial charge in [-0.3, -0.25) is 4.79 Å². The Labute approximate surface area is 149 Å². The molecule has 2 aromatic carbocycles. The molecule has 24 heavy (non-hydrogen) atoms. The Morgan fingerprint density at radius 3 is 2.54 bits per heavy atom. The van der Waals surface area contributed by atoms with Crippen LogP contribution in [0.3, 0.4) is 0 Å². The Morgan fingerprint density at radius 1 is 1.17 bits per heavy atom. The molecule has 1 aliphatic heterocycles. The van der Waals surface area contributed by atoms with Gasteiger partial charge in [0.1, 0.15) is 6.54 Å². The van der Waals surface area contributed by atoms with Gasteiger partial charge in [0.05, 0.1) is 6.04 Å². The van der Waals surface area contributed by atoms with Crippen LogP contribution >= 0.6 is 23.2 Å². The average molecular weight is 364 g/mol. The fraction of sp³-hybridized carbons (Fsp3) is 0.176. The van der Waals surface area contributed by atoms with E-state index in [1.807, 2.05) is 12.1 Å². The smallest absolute Gasteiger partial charge is 0.316 e. The lowest BCUT2D eigenvalue weighted by Gasteiger charge is -2.29. The second-order valence-electron chi connectivity index (χ2n) is 5.55. The highest BCUT2D eigenvalue weighted by atomic mass is 35.5. The summed E-state index contributed by atoms with van der Waals surface area (Å²) in [6, 6.07) is 11.1. The van der Waals surface area contributed by atoms with Crippen LogP contribution in [-0.4, -0.2) is 30.4 Å². The van der Waals surface area contributed by atoms with E-state index < -0.39 is 12.1 Å². The van der Waals surface area contributed by atoms with Gasteiger partial charge in [-0.05, 0) is 29.8 Å². The van der Waals surface area contributed by atoms with Crippen molar-refractivity contribution in [3.05, 3.63) is 63.6 Å². The molecule has 2 N–H and O–H groups in total. The zero-order valence-electron chi connectivity index (χ0n) is 12.9. The Kier molecular flexibility index (Phi) is 4.39. The fourth-order valence-corrected chi connectivity index (χ4v) is 3.35. The van der Waals surface area contributed by atoms with Crippen molar-refractivity contribution < 1.29 is 9.59 Å². The predicted octanol–water partition coefficient (Wildman–Crippen LogP) is 3.44. The molecule has 5 nitrogen and oxygen atoms in total. The van der Waals surface area contributed by atoms with Gasteiger partial charge in [0.25, 0.3) is 0 Å². The van der Waals surface area contributed by atoms with Crippen LogP contribution in [0.25, 0.3) is 0 Å². The van der Waals surface area contributed by atoms with Crippen LogP contribution in [0.2, 0.25) is 10.0 Å². The van der Waals surface area contributed by atoms with Gasteiger partial charge in [0.15, 0.2) is 0 Å². The number of amides is 3. The fourth-order valence-electron chi connectivity index (χ4n) is 2.93. The highest BCUT2D eigenvalue weighted by Gasteiger charge is 2.35. The summed E-state index contributed by atoms with van der Waals surface area (Å²) < 4.78 is 0. The zero-order valence-corrected chi connectivity index (χ0v) is 14.4. The summed E-state index contributed by atoms with van der Waals surface area (Å²) >= 11 is 12.5. The number of likely N-dealkylation sites (N-methyl/N-ethyl adjacent to an activating group) is 1. The van der Waals surface area contributed by atoms with Crippen LogP contribution < -0.4 is 10.6 Å². The van der Waals surface area contributed by atoms with Crippen molar-refractivity contribution in [3.63, 3.8) is 0 Å². The number of rotatable bonds is 1. The topological polar surface area (TPSA) is 66.6 Å². The molecule has 0 aliphatic carbocycles.